The molecule has 0 bridgehead atoms. The highest BCUT2D eigenvalue weighted by Gasteiger charge is 2.25. The third-order valence-electron chi connectivity index (χ3n) is 3.66. The van der Waals surface area contributed by atoms with Crippen molar-refractivity contribution >= 4 is 23.4 Å². The van der Waals surface area contributed by atoms with Crippen molar-refractivity contribution in [3.05, 3.63) is 34.6 Å². The predicted molar refractivity (Wildman–Crippen MR) is 82.6 cm³/mol. The van der Waals surface area contributed by atoms with Gasteiger partial charge in [0.15, 0.2) is 0 Å². The highest BCUT2D eigenvalue weighted by molar-refractivity contribution is 7.99. The number of benzene rings is 1. The first-order chi connectivity index (χ1) is 9.22. The topological polar surface area (TPSA) is 12.0 Å². The van der Waals surface area contributed by atoms with E-state index in [1.165, 1.54) is 24.0 Å². The Morgan fingerprint density at radius 2 is 2.37 bits per heavy atom. The Bertz CT molecular complexity index is 407. The van der Waals surface area contributed by atoms with E-state index in [9.17, 15) is 4.39 Å². The zero-order valence-electron chi connectivity index (χ0n) is 11.3. The molecule has 4 heteroatoms. The molecule has 2 rings (SSSR count). The lowest BCUT2D eigenvalue weighted by molar-refractivity contribution is 0.380. The van der Waals surface area contributed by atoms with Gasteiger partial charge in [0.25, 0.3) is 0 Å². The highest BCUT2D eigenvalue weighted by Crippen LogP contribution is 2.29. The number of hydrogen-bond donors (Lipinski definition) is 1. The van der Waals surface area contributed by atoms with Gasteiger partial charge in [-0.25, -0.2) is 4.39 Å². The van der Waals surface area contributed by atoms with Gasteiger partial charge < -0.3 is 5.32 Å². The van der Waals surface area contributed by atoms with Gasteiger partial charge in [0.05, 0.1) is 5.02 Å². The van der Waals surface area contributed by atoms with Crippen LogP contribution in [0.3, 0.4) is 0 Å². The van der Waals surface area contributed by atoms with Crippen molar-refractivity contribution in [1.82, 2.24) is 5.32 Å². The molecular weight excluding hydrogens is 281 g/mol. The van der Waals surface area contributed by atoms with Crippen LogP contribution in [0.2, 0.25) is 5.02 Å². The molecule has 1 aromatic carbocycles. The lowest BCUT2D eigenvalue weighted by Gasteiger charge is -2.25. The summed E-state index contributed by atoms with van der Waals surface area (Å²) in [5, 5.41) is 3.90. The average molecular weight is 302 g/mol. The van der Waals surface area contributed by atoms with Crippen LogP contribution in [-0.2, 0) is 6.42 Å². The lowest BCUT2D eigenvalue weighted by atomic mass is 9.92. The molecule has 1 aliphatic rings. The molecule has 1 N–H and O–H groups in total. The number of thioether (sulfide) groups is 1. The van der Waals surface area contributed by atoms with Gasteiger partial charge in [-0.05, 0) is 54.9 Å². The third-order valence-corrected chi connectivity index (χ3v) is 5.27. The normalized spacial score (nSPS) is 20.7. The Morgan fingerprint density at radius 3 is 3.05 bits per heavy atom. The number of halogens is 2. The van der Waals surface area contributed by atoms with Gasteiger partial charge in [0, 0.05) is 6.04 Å². The molecule has 0 saturated carbocycles. The second-order valence-corrected chi connectivity index (χ2v) is 6.63. The first kappa shape index (κ1) is 15.1. The van der Waals surface area contributed by atoms with E-state index in [1.54, 1.807) is 6.07 Å². The van der Waals surface area contributed by atoms with Gasteiger partial charge in [0.1, 0.15) is 5.82 Å². The maximum Gasteiger partial charge on any atom is 0.142 e. The summed E-state index contributed by atoms with van der Waals surface area (Å²) >= 11 is 8.08. The molecule has 19 heavy (non-hydrogen) atoms. The molecule has 1 saturated heterocycles. The second-order valence-electron chi connectivity index (χ2n) is 5.10. The quantitative estimate of drug-likeness (QED) is 0.847. The van der Waals surface area contributed by atoms with E-state index >= 15 is 0 Å². The van der Waals surface area contributed by atoms with Crippen molar-refractivity contribution in [3.8, 4) is 0 Å². The van der Waals surface area contributed by atoms with Gasteiger partial charge in [-0.15, -0.1) is 0 Å². The summed E-state index contributed by atoms with van der Waals surface area (Å²) < 4.78 is 13.5. The van der Waals surface area contributed by atoms with Gasteiger partial charge in [-0.2, -0.15) is 11.8 Å². The zero-order valence-corrected chi connectivity index (χ0v) is 12.9. The highest BCUT2D eigenvalue weighted by atomic mass is 35.5. The van der Waals surface area contributed by atoms with Crippen molar-refractivity contribution in [2.45, 2.75) is 32.2 Å². The molecule has 1 heterocycles. The molecule has 0 aliphatic carbocycles. The smallest absolute Gasteiger partial charge is 0.142 e. The monoisotopic (exact) mass is 301 g/mol. The summed E-state index contributed by atoms with van der Waals surface area (Å²) in [6, 6.07) is 5.52. The van der Waals surface area contributed by atoms with Crippen molar-refractivity contribution in [1.29, 1.82) is 0 Å². The Hall–Kier alpha value is -0.250. The molecule has 0 amide bonds. The van der Waals surface area contributed by atoms with Gasteiger partial charge >= 0.3 is 0 Å². The minimum absolute atomic E-state index is 0.288. The largest absolute Gasteiger partial charge is 0.313 e. The van der Waals surface area contributed by atoms with Gasteiger partial charge in [0.2, 0.25) is 0 Å². The fourth-order valence-corrected chi connectivity index (χ4v) is 4.09. The Labute approximate surface area is 124 Å². The summed E-state index contributed by atoms with van der Waals surface area (Å²) in [6.45, 7) is 3.18. The summed E-state index contributed by atoms with van der Waals surface area (Å²) in [5.74, 6) is 2.81. The van der Waals surface area contributed by atoms with Gasteiger partial charge in [-0.1, -0.05) is 30.7 Å². The van der Waals surface area contributed by atoms with E-state index in [0.717, 1.165) is 24.9 Å². The van der Waals surface area contributed by atoms with Crippen molar-refractivity contribution in [2.75, 3.05) is 18.1 Å². The van der Waals surface area contributed by atoms with Crippen LogP contribution in [0, 0.1) is 11.7 Å². The van der Waals surface area contributed by atoms with Crippen molar-refractivity contribution in [2.24, 2.45) is 5.92 Å². The number of rotatable bonds is 6. The van der Waals surface area contributed by atoms with Crippen molar-refractivity contribution < 1.29 is 4.39 Å². The average Bonchev–Trinajstić information content (AvgIpc) is 2.93. The maximum atomic E-state index is 13.5. The Kier molecular flexibility index (Phi) is 5.99. The van der Waals surface area contributed by atoms with Crippen LogP contribution in [0.5, 0.6) is 0 Å². The fourth-order valence-electron chi connectivity index (χ4n) is 2.55. The van der Waals surface area contributed by atoms with E-state index in [1.807, 2.05) is 17.8 Å². The maximum absolute atomic E-state index is 13.5. The molecule has 2 unspecified atom stereocenters. The van der Waals surface area contributed by atoms with Crippen LogP contribution in [-0.4, -0.2) is 24.1 Å². The Morgan fingerprint density at radius 1 is 1.53 bits per heavy atom. The molecule has 0 radical (unpaired) electrons. The third kappa shape index (κ3) is 4.11. The van der Waals surface area contributed by atoms with E-state index in [4.69, 9.17) is 11.6 Å². The molecule has 1 nitrogen and oxygen atoms in total. The summed E-state index contributed by atoms with van der Waals surface area (Å²) in [7, 11) is 0. The van der Waals surface area contributed by atoms with Gasteiger partial charge in [-0.3, -0.25) is 0 Å². The minimum atomic E-state index is -0.311. The molecule has 106 valence electrons. The standard InChI is InChI=1S/C15H21ClFNS/c1-2-7-18-14(12-6-8-19-10-12)9-11-4-3-5-13(17)15(11)16/h3-5,12,14,18H,2,6-10H2,1H3. The minimum Gasteiger partial charge on any atom is -0.313 e. The fraction of sp³-hybridized carbons (Fsp3) is 0.600. The van der Waals surface area contributed by atoms with Crippen LogP contribution < -0.4 is 5.32 Å². The first-order valence-corrected chi connectivity index (χ1v) is 8.49. The predicted octanol–water partition coefficient (Wildman–Crippen LogP) is 4.14. The molecule has 0 aromatic heterocycles. The number of hydrogen-bond acceptors (Lipinski definition) is 2. The van der Waals surface area contributed by atoms with Crippen LogP contribution in [0.25, 0.3) is 0 Å². The summed E-state index contributed by atoms with van der Waals surface area (Å²) in [4.78, 5) is 0. The SMILES string of the molecule is CCCNC(Cc1cccc(F)c1Cl)C1CCSC1. The van der Waals surface area contributed by atoms with Crippen LogP contribution >= 0.6 is 23.4 Å². The van der Waals surface area contributed by atoms with E-state index in [0.29, 0.717) is 12.0 Å². The molecule has 1 fully saturated rings. The second kappa shape index (κ2) is 7.51. The Balaban J connectivity index is 2.07. The van der Waals surface area contributed by atoms with E-state index in [-0.39, 0.29) is 10.8 Å². The van der Waals surface area contributed by atoms with E-state index < -0.39 is 0 Å². The van der Waals surface area contributed by atoms with E-state index in [2.05, 4.69) is 12.2 Å². The van der Waals surface area contributed by atoms with Crippen LogP contribution in [0.15, 0.2) is 18.2 Å². The summed E-state index contributed by atoms with van der Waals surface area (Å²) in [6.07, 6.45) is 3.19. The first-order valence-electron chi connectivity index (χ1n) is 6.96. The summed E-state index contributed by atoms with van der Waals surface area (Å²) in [5.41, 5.74) is 0.923. The zero-order chi connectivity index (χ0) is 13.7. The number of nitrogens with one attached hydrogen (secondary N) is 1. The molecule has 1 aliphatic heterocycles. The molecule has 1 aromatic rings. The van der Waals surface area contributed by atoms with Crippen LogP contribution in [0.4, 0.5) is 4.39 Å². The van der Waals surface area contributed by atoms with Crippen LogP contribution in [0.1, 0.15) is 25.3 Å². The molecule has 2 atom stereocenters. The lowest BCUT2D eigenvalue weighted by Crippen LogP contribution is -2.38. The molecular formula is C15H21ClFNS. The van der Waals surface area contributed by atoms with Crippen molar-refractivity contribution in [3.63, 3.8) is 0 Å². The molecule has 0 spiro atoms.